The topological polar surface area (TPSA) is 117 Å². The van der Waals surface area contributed by atoms with Gasteiger partial charge in [-0.25, -0.2) is 4.57 Å². The van der Waals surface area contributed by atoms with E-state index in [-0.39, 0.29) is 32.3 Å². The summed E-state index contributed by atoms with van der Waals surface area (Å²) in [6.45, 7) is 4.71. The zero-order chi connectivity index (χ0) is 40.9. The second-order valence-electron chi connectivity index (χ2n) is 14.5. The molecule has 9 heteroatoms. The highest BCUT2D eigenvalue weighted by Gasteiger charge is 2.25. The number of carbonyl (C=O) groups excluding carboxylic acids is 1. The first-order valence-electron chi connectivity index (χ1n) is 22.4. The molecule has 0 aliphatic carbocycles. The average Bonchev–Trinajstić information content (AvgIpc) is 3.19. The summed E-state index contributed by atoms with van der Waals surface area (Å²) in [4.78, 5) is 22.5. The van der Waals surface area contributed by atoms with Crippen LogP contribution in [0.25, 0.3) is 0 Å². The highest BCUT2D eigenvalue weighted by atomic mass is 31.2. The van der Waals surface area contributed by atoms with Gasteiger partial charge in [0.25, 0.3) is 0 Å². The van der Waals surface area contributed by atoms with Crippen LogP contribution in [0.3, 0.4) is 0 Å². The molecule has 0 saturated heterocycles. The number of phosphoric ester groups is 1. The van der Waals surface area contributed by atoms with E-state index in [9.17, 15) is 14.3 Å². The monoisotopic (exact) mass is 806 g/mol. The van der Waals surface area contributed by atoms with Crippen molar-refractivity contribution in [2.75, 3.05) is 33.0 Å². The molecule has 8 nitrogen and oxygen atoms in total. The van der Waals surface area contributed by atoms with Crippen LogP contribution < -0.4 is 5.73 Å². The first-order chi connectivity index (χ1) is 27.4. The Kier molecular flexibility index (Phi) is 42.4. The van der Waals surface area contributed by atoms with Gasteiger partial charge in [-0.1, -0.05) is 170 Å². The lowest BCUT2D eigenvalue weighted by Crippen LogP contribution is -2.28. The van der Waals surface area contributed by atoms with Gasteiger partial charge in [0.1, 0.15) is 6.10 Å². The smallest absolute Gasteiger partial charge is 0.457 e. The zero-order valence-corrected chi connectivity index (χ0v) is 36.7. The van der Waals surface area contributed by atoms with Crippen LogP contribution in [0.15, 0.2) is 72.9 Å². The molecule has 2 atom stereocenters. The number of ether oxygens (including phenoxy) is 2. The van der Waals surface area contributed by atoms with Crippen molar-refractivity contribution < 1.29 is 32.8 Å². The fourth-order valence-electron chi connectivity index (χ4n) is 5.85. The number of esters is 1. The summed E-state index contributed by atoms with van der Waals surface area (Å²) in [6.07, 6.45) is 54.9. The largest absolute Gasteiger partial charge is 0.472 e. The van der Waals surface area contributed by atoms with Crippen molar-refractivity contribution >= 4 is 13.8 Å². The molecule has 2 unspecified atom stereocenters. The van der Waals surface area contributed by atoms with E-state index in [4.69, 9.17) is 24.3 Å². The lowest BCUT2D eigenvalue weighted by atomic mass is 10.0. The van der Waals surface area contributed by atoms with Gasteiger partial charge in [-0.2, -0.15) is 0 Å². The maximum atomic E-state index is 12.6. The van der Waals surface area contributed by atoms with Crippen molar-refractivity contribution in [3.63, 3.8) is 0 Å². The fourth-order valence-corrected chi connectivity index (χ4v) is 6.61. The molecule has 0 amide bonds. The summed E-state index contributed by atoms with van der Waals surface area (Å²) in [6, 6.07) is 0. The molecule has 0 saturated carbocycles. The predicted octanol–water partition coefficient (Wildman–Crippen LogP) is 13.5. The quantitative estimate of drug-likeness (QED) is 0.0271. The van der Waals surface area contributed by atoms with E-state index >= 15 is 0 Å². The number of nitrogens with two attached hydrogens (primary N) is 1. The van der Waals surface area contributed by atoms with Gasteiger partial charge in [-0.05, 0) is 77.0 Å². The minimum absolute atomic E-state index is 0.0945. The Bertz CT molecular complexity index is 1080. The summed E-state index contributed by atoms with van der Waals surface area (Å²) in [5.74, 6) is -0.342. The summed E-state index contributed by atoms with van der Waals surface area (Å²) in [7, 11) is -4.28. The molecule has 0 aromatic rings. The van der Waals surface area contributed by atoms with E-state index in [2.05, 4.69) is 86.8 Å². The SMILES string of the molecule is CC/C=C\C/C=C\C/C=C\C/C=C\CCCCCCCCCCCCC(=O)OC(COCCCCCCCC/C=C\C/C=C\CCC)COP(=O)(O)OCCN. The number of hydrogen-bond donors (Lipinski definition) is 2. The van der Waals surface area contributed by atoms with Crippen LogP contribution in [0.2, 0.25) is 0 Å². The predicted molar refractivity (Wildman–Crippen MR) is 238 cm³/mol. The number of hydrogen-bond acceptors (Lipinski definition) is 7. The summed E-state index contributed by atoms with van der Waals surface area (Å²) in [5.41, 5.74) is 5.37. The second-order valence-corrected chi connectivity index (χ2v) is 16.0. The Morgan fingerprint density at radius 1 is 0.554 bits per heavy atom. The minimum Gasteiger partial charge on any atom is -0.457 e. The third kappa shape index (κ3) is 43.1. The maximum Gasteiger partial charge on any atom is 0.472 e. The first kappa shape index (κ1) is 53.9. The lowest BCUT2D eigenvalue weighted by Gasteiger charge is -2.20. The Morgan fingerprint density at radius 2 is 1.00 bits per heavy atom. The fraction of sp³-hybridized carbons (Fsp3) is 0.723. The van der Waals surface area contributed by atoms with E-state index in [1.54, 1.807) is 0 Å². The molecule has 0 rings (SSSR count). The Labute approximate surface area is 344 Å². The van der Waals surface area contributed by atoms with Crippen LogP contribution in [0, 0.1) is 0 Å². The molecule has 3 N–H and O–H groups in total. The molecule has 0 aromatic heterocycles. The Hall–Kier alpha value is -2.06. The van der Waals surface area contributed by atoms with Crippen LogP contribution in [-0.2, 0) is 27.9 Å². The standard InChI is InChI=1S/C47H84NO7P/c1-3-5-7-9-11-13-15-17-19-20-21-22-23-24-25-26-27-28-30-32-34-36-38-40-47(49)55-46(45-54-56(50,51)53-43-41-48)44-52-42-39-37-35-33-31-29-18-16-14-12-10-8-6-4-2/h5,7-8,10-11,13-14,16-17,19,21-22,46H,3-4,6,9,12,15,18,20,23-45,48H2,1-2H3,(H,50,51)/b7-5-,10-8-,13-11-,16-14-,19-17-,22-21-. The molecule has 56 heavy (non-hydrogen) atoms. The first-order valence-corrected chi connectivity index (χ1v) is 23.9. The van der Waals surface area contributed by atoms with Crippen molar-refractivity contribution in [2.24, 2.45) is 5.73 Å². The molecular weight excluding hydrogens is 721 g/mol. The molecule has 0 fully saturated rings. The molecular formula is C47H84NO7P. The van der Waals surface area contributed by atoms with Gasteiger partial charge in [0.05, 0.1) is 19.8 Å². The molecule has 0 aliphatic rings. The second kappa shape index (κ2) is 44.1. The van der Waals surface area contributed by atoms with E-state index in [0.717, 1.165) is 83.5 Å². The van der Waals surface area contributed by atoms with Crippen LogP contribution in [0.1, 0.15) is 181 Å². The molecule has 0 bridgehead atoms. The highest BCUT2D eigenvalue weighted by Crippen LogP contribution is 2.43. The maximum absolute atomic E-state index is 12.6. The van der Waals surface area contributed by atoms with Crippen molar-refractivity contribution in [2.45, 2.75) is 187 Å². The number of unbranched alkanes of at least 4 members (excludes halogenated alkanes) is 17. The van der Waals surface area contributed by atoms with Crippen molar-refractivity contribution in [3.05, 3.63) is 72.9 Å². The van der Waals surface area contributed by atoms with E-state index in [1.165, 1.54) is 77.0 Å². The van der Waals surface area contributed by atoms with Gasteiger partial charge in [0, 0.05) is 19.6 Å². The molecule has 0 heterocycles. The summed E-state index contributed by atoms with van der Waals surface area (Å²) < 4.78 is 33.4. The summed E-state index contributed by atoms with van der Waals surface area (Å²) in [5, 5.41) is 0. The van der Waals surface area contributed by atoms with Crippen LogP contribution in [0.5, 0.6) is 0 Å². The summed E-state index contributed by atoms with van der Waals surface area (Å²) >= 11 is 0. The number of phosphoric acid groups is 1. The number of rotatable bonds is 42. The van der Waals surface area contributed by atoms with Crippen molar-refractivity contribution in [3.8, 4) is 0 Å². The molecule has 0 aliphatic heterocycles. The van der Waals surface area contributed by atoms with Crippen LogP contribution in [-0.4, -0.2) is 49.9 Å². The van der Waals surface area contributed by atoms with Gasteiger partial charge < -0.3 is 20.1 Å². The molecule has 0 spiro atoms. The normalized spacial score (nSPS) is 14.1. The van der Waals surface area contributed by atoms with Gasteiger partial charge in [-0.3, -0.25) is 13.8 Å². The van der Waals surface area contributed by atoms with E-state index in [0.29, 0.717) is 13.0 Å². The van der Waals surface area contributed by atoms with Gasteiger partial charge in [0.15, 0.2) is 0 Å². The van der Waals surface area contributed by atoms with Gasteiger partial charge in [-0.15, -0.1) is 0 Å². The van der Waals surface area contributed by atoms with E-state index < -0.39 is 13.9 Å². The van der Waals surface area contributed by atoms with Gasteiger partial charge in [0.2, 0.25) is 0 Å². The minimum atomic E-state index is -4.28. The zero-order valence-electron chi connectivity index (χ0n) is 35.8. The molecule has 0 radical (unpaired) electrons. The third-order valence-corrected chi connectivity index (χ3v) is 10.1. The van der Waals surface area contributed by atoms with Crippen LogP contribution >= 0.6 is 7.82 Å². The van der Waals surface area contributed by atoms with E-state index in [1.807, 2.05) is 0 Å². The molecule has 0 aromatic carbocycles. The van der Waals surface area contributed by atoms with Gasteiger partial charge >= 0.3 is 13.8 Å². The third-order valence-electron chi connectivity index (χ3n) is 9.09. The molecule has 324 valence electrons. The van der Waals surface area contributed by atoms with Crippen molar-refractivity contribution in [1.82, 2.24) is 0 Å². The highest BCUT2D eigenvalue weighted by molar-refractivity contribution is 7.47. The average molecular weight is 806 g/mol. The van der Waals surface area contributed by atoms with Crippen LogP contribution in [0.4, 0.5) is 0 Å². The number of carbonyl (C=O) groups is 1. The number of allylic oxidation sites excluding steroid dienone is 12. The van der Waals surface area contributed by atoms with Crippen molar-refractivity contribution in [1.29, 1.82) is 0 Å². The lowest BCUT2D eigenvalue weighted by molar-refractivity contribution is -0.154. The Balaban J connectivity index is 4.01. The Morgan fingerprint density at radius 3 is 1.50 bits per heavy atom.